The second-order valence-electron chi connectivity index (χ2n) is 4.30. The molecule has 0 aliphatic heterocycles. The fourth-order valence-electron chi connectivity index (χ4n) is 1.58. The molecule has 1 rings (SSSR count). The smallest absolute Gasteiger partial charge is 0.328 e. The number of ether oxygens (including phenoxy) is 2. The maximum absolute atomic E-state index is 13.2. The molecule has 0 aliphatic carbocycles. The predicted molar refractivity (Wildman–Crippen MR) is 72.6 cm³/mol. The molecule has 116 valence electrons. The van der Waals surface area contributed by atoms with E-state index in [1.54, 1.807) is 12.1 Å². The summed E-state index contributed by atoms with van der Waals surface area (Å²) in [5.74, 6) is -1.92. The summed E-state index contributed by atoms with van der Waals surface area (Å²) >= 11 is 0. The van der Waals surface area contributed by atoms with Gasteiger partial charge in [-0.3, -0.25) is 4.79 Å². The van der Waals surface area contributed by atoms with Crippen molar-refractivity contribution in [3.8, 4) is 5.75 Å². The molecule has 1 amide bonds. The Balaban J connectivity index is 2.27. The number of carboxylic acids is 1. The molecule has 0 fully saturated rings. The van der Waals surface area contributed by atoms with Crippen LogP contribution in [0, 0.1) is 5.82 Å². The fraction of sp³-hybridized carbons (Fsp3) is 0.429. The van der Waals surface area contributed by atoms with E-state index in [0.717, 1.165) is 0 Å². The Morgan fingerprint density at radius 2 is 2.10 bits per heavy atom. The van der Waals surface area contributed by atoms with E-state index < -0.39 is 23.7 Å². The average molecular weight is 299 g/mol. The van der Waals surface area contributed by atoms with Crippen LogP contribution in [0.4, 0.5) is 4.39 Å². The minimum atomic E-state index is -1.16. The summed E-state index contributed by atoms with van der Waals surface area (Å²) in [7, 11) is 1.35. The minimum Gasteiger partial charge on any atom is -0.491 e. The average Bonchev–Trinajstić information content (AvgIpc) is 2.44. The normalized spacial score (nSPS) is 11.7. The molecule has 0 radical (unpaired) electrons. The first-order valence-electron chi connectivity index (χ1n) is 6.43. The third-order valence-electron chi connectivity index (χ3n) is 2.61. The van der Waals surface area contributed by atoms with E-state index in [1.807, 2.05) is 0 Å². The Kier molecular flexibility index (Phi) is 7.17. The van der Waals surface area contributed by atoms with E-state index in [9.17, 15) is 14.0 Å². The number of hydrogen-bond donors (Lipinski definition) is 2. The number of aliphatic carboxylic acids is 1. The number of carboxylic acid groups (broad SMARTS) is 1. The SMILES string of the molecule is COCC(NC(=O)CCCOc1ccccc1F)C(=O)O. The molecule has 6 nitrogen and oxygen atoms in total. The maximum Gasteiger partial charge on any atom is 0.328 e. The molecule has 7 heteroatoms. The molecule has 0 saturated carbocycles. The zero-order valence-corrected chi connectivity index (χ0v) is 11.7. The summed E-state index contributed by atoms with van der Waals surface area (Å²) in [4.78, 5) is 22.4. The van der Waals surface area contributed by atoms with Gasteiger partial charge in [0.2, 0.25) is 5.91 Å². The first-order chi connectivity index (χ1) is 10.0. The van der Waals surface area contributed by atoms with Crippen molar-refractivity contribution in [3.05, 3.63) is 30.1 Å². The van der Waals surface area contributed by atoms with Crippen molar-refractivity contribution in [1.82, 2.24) is 5.32 Å². The van der Waals surface area contributed by atoms with Crippen LogP contribution in [0.2, 0.25) is 0 Å². The molecule has 0 heterocycles. The lowest BCUT2D eigenvalue weighted by Crippen LogP contribution is -2.43. The highest BCUT2D eigenvalue weighted by atomic mass is 19.1. The molecular formula is C14H18FNO5. The van der Waals surface area contributed by atoms with Crippen LogP contribution in [0.5, 0.6) is 5.75 Å². The maximum atomic E-state index is 13.2. The van der Waals surface area contributed by atoms with E-state index >= 15 is 0 Å². The van der Waals surface area contributed by atoms with Crippen molar-refractivity contribution < 1.29 is 28.6 Å². The zero-order chi connectivity index (χ0) is 15.7. The van der Waals surface area contributed by atoms with Crippen LogP contribution in [0.15, 0.2) is 24.3 Å². The van der Waals surface area contributed by atoms with Crippen LogP contribution in [-0.2, 0) is 14.3 Å². The molecule has 21 heavy (non-hydrogen) atoms. The number of halogens is 1. The van der Waals surface area contributed by atoms with Gasteiger partial charge in [0.1, 0.15) is 0 Å². The molecule has 0 aliphatic rings. The molecule has 0 aromatic heterocycles. The molecule has 1 aromatic rings. The summed E-state index contributed by atoms with van der Waals surface area (Å²) in [6.45, 7) is 0.0587. The lowest BCUT2D eigenvalue weighted by atomic mass is 10.2. The summed E-state index contributed by atoms with van der Waals surface area (Å²) in [5.41, 5.74) is 0. The molecule has 1 unspecified atom stereocenters. The Hall–Kier alpha value is -2.15. The number of carbonyl (C=O) groups excluding carboxylic acids is 1. The van der Waals surface area contributed by atoms with Crippen molar-refractivity contribution in [3.63, 3.8) is 0 Å². The Bertz CT molecular complexity index is 480. The van der Waals surface area contributed by atoms with Crippen molar-refractivity contribution in [1.29, 1.82) is 0 Å². The summed E-state index contributed by atoms with van der Waals surface area (Å²) in [6.07, 6.45) is 0.432. The topological polar surface area (TPSA) is 84.9 Å². The third-order valence-corrected chi connectivity index (χ3v) is 2.61. The van der Waals surface area contributed by atoms with Crippen molar-refractivity contribution >= 4 is 11.9 Å². The van der Waals surface area contributed by atoms with Gasteiger partial charge in [-0.05, 0) is 18.6 Å². The van der Waals surface area contributed by atoms with Gasteiger partial charge in [-0.25, -0.2) is 9.18 Å². The van der Waals surface area contributed by atoms with Crippen LogP contribution in [0.1, 0.15) is 12.8 Å². The second kappa shape index (κ2) is 8.91. The van der Waals surface area contributed by atoms with Gasteiger partial charge in [0.05, 0.1) is 13.2 Å². The number of hydrogen-bond acceptors (Lipinski definition) is 4. The van der Waals surface area contributed by atoms with E-state index in [2.05, 4.69) is 5.32 Å². The highest BCUT2D eigenvalue weighted by molar-refractivity contribution is 5.83. The molecule has 0 saturated heterocycles. The van der Waals surface area contributed by atoms with E-state index in [-0.39, 0.29) is 25.4 Å². The summed E-state index contributed by atoms with van der Waals surface area (Å²) in [5, 5.41) is 11.2. The van der Waals surface area contributed by atoms with Gasteiger partial charge in [0.15, 0.2) is 17.6 Å². The van der Waals surface area contributed by atoms with Gasteiger partial charge in [0, 0.05) is 13.5 Å². The predicted octanol–water partition coefficient (Wildman–Crippen LogP) is 1.20. The minimum absolute atomic E-state index is 0.0853. The van der Waals surface area contributed by atoms with Crippen LogP contribution in [0.3, 0.4) is 0 Å². The van der Waals surface area contributed by atoms with Gasteiger partial charge in [-0.2, -0.15) is 0 Å². The van der Waals surface area contributed by atoms with E-state index in [0.29, 0.717) is 6.42 Å². The van der Waals surface area contributed by atoms with Gasteiger partial charge < -0.3 is 19.9 Å². The zero-order valence-electron chi connectivity index (χ0n) is 11.7. The Morgan fingerprint density at radius 3 is 2.71 bits per heavy atom. The number of nitrogens with one attached hydrogen (secondary N) is 1. The summed E-state index contributed by atoms with van der Waals surface area (Å²) < 4.78 is 23.1. The monoisotopic (exact) mass is 299 g/mol. The number of rotatable bonds is 9. The standard InChI is InChI=1S/C14H18FNO5/c1-20-9-11(14(18)19)16-13(17)7-4-8-21-12-6-3-2-5-10(12)15/h2-3,5-6,11H,4,7-9H2,1H3,(H,16,17)(H,18,19). The van der Waals surface area contributed by atoms with Gasteiger partial charge in [-0.15, -0.1) is 0 Å². The number of carbonyl (C=O) groups is 2. The van der Waals surface area contributed by atoms with Crippen LogP contribution >= 0.6 is 0 Å². The highest BCUT2D eigenvalue weighted by Crippen LogP contribution is 2.15. The number of methoxy groups -OCH3 is 1. The second-order valence-corrected chi connectivity index (χ2v) is 4.30. The van der Waals surface area contributed by atoms with Gasteiger partial charge in [0.25, 0.3) is 0 Å². The van der Waals surface area contributed by atoms with Gasteiger partial charge in [-0.1, -0.05) is 12.1 Å². The fourth-order valence-corrected chi connectivity index (χ4v) is 1.58. The van der Waals surface area contributed by atoms with Crippen molar-refractivity contribution in [2.45, 2.75) is 18.9 Å². The Morgan fingerprint density at radius 1 is 1.38 bits per heavy atom. The van der Waals surface area contributed by atoms with Crippen molar-refractivity contribution in [2.24, 2.45) is 0 Å². The molecule has 1 aromatic carbocycles. The van der Waals surface area contributed by atoms with E-state index in [1.165, 1.54) is 19.2 Å². The first kappa shape index (κ1) is 16.9. The van der Waals surface area contributed by atoms with Crippen LogP contribution in [0.25, 0.3) is 0 Å². The van der Waals surface area contributed by atoms with E-state index in [4.69, 9.17) is 14.6 Å². The number of para-hydroxylation sites is 1. The summed E-state index contributed by atoms with van der Waals surface area (Å²) in [6, 6.07) is 4.90. The third kappa shape index (κ3) is 6.22. The molecular weight excluding hydrogens is 281 g/mol. The number of benzene rings is 1. The largest absolute Gasteiger partial charge is 0.491 e. The lowest BCUT2D eigenvalue weighted by molar-refractivity contribution is -0.143. The highest BCUT2D eigenvalue weighted by Gasteiger charge is 2.19. The molecule has 0 spiro atoms. The molecule has 0 bridgehead atoms. The molecule has 2 N–H and O–H groups in total. The molecule has 1 atom stereocenters. The van der Waals surface area contributed by atoms with Crippen molar-refractivity contribution in [2.75, 3.05) is 20.3 Å². The van der Waals surface area contributed by atoms with Crippen LogP contribution < -0.4 is 10.1 Å². The number of amides is 1. The lowest BCUT2D eigenvalue weighted by Gasteiger charge is -2.13. The van der Waals surface area contributed by atoms with Gasteiger partial charge >= 0.3 is 5.97 Å². The quantitative estimate of drug-likeness (QED) is 0.669. The Labute approximate surface area is 121 Å². The first-order valence-corrected chi connectivity index (χ1v) is 6.43. The van der Waals surface area contributed by atoms with Crippen LogP contribution in [-0.4, -0.2) is 43.3 Å².